The van der Waals surface area contributed by atoms with Gasteiger partial charge in [0.1, 0.15) is 11.5 Å². The maximum absolute atomic E-state index is 12.1. The van der Waals surface area contributed by atoms with Gasteiger partial charge in [0.15, 0.2) is 0 Å². The van der Waals surface area contributed by atoms with E-state index < -0.39 is 11.2 Å². The molecule has 0 atom stereocenters. The number of aliphatic hydroxyl groups is 1. The fourth-order valence-electron chi connectivity index (χ4n) is 1.94. The topological polar surface area (TPSA) is 102 Å². The summed E-state index contributed by atoms with van der Waals surface area (Å²) in [6, 6.07) is 0. The Kier molecular flexibility index (Phi) is 5.82. The summed E-state index contributed by atoms with van der Waals surface area (Å²) < 4.78 is 2.48. The zero-order valence-electron chi connectivity index (χ0n) is 12.3. The molecule has 0 saturated carbocycles. The van der Waals surface area contributed by atoms with Crippen molar-refractivity contribution in [2.45, 2.75) is 33.2 Å². The number of unbranched alkanes of at least 4 members (excludes halogenated alkanes) is 1. The maximum Gasteiger partial charge on any atom is 0.332 e. The van der Waals surface area contributed by atoms with Crippen molar-refractivity contribution in [1.82, 2.24) is 9.13 Å². The van der Waals surface area contributed by atoms with Crippen LogP contribution < -0.4 is 22.3 Å². The van der Waals surface area contributed by atoms with Crippen LogP contribution in [0.3, 0.4) is 0 Å². The quantitative estimate of drug-likeness (QED) is 0.610. The van der Waals surface area contributed by atoms with Crippen LogP contribution in [0.1, 0.15) is 26.7 Å². The molecule has 0 radical (unpaired) electrons. The number of hydrogen-bond acceptors (Lipinski definition) is 5. The summed E-state index contributed by atoms with van der Waals surface area (Å²) in [5.41, 5.74) is 5.39. The van der Waals surface area contributed by atoms with Crippen LogP contribution in [0.2, 0.25) is 0 Å². The highest BCUT2D eigenvalue weighted by Gasteiger charge is 2.15. The SMILES string of the molecule is CC(C)Cn1c(N)c(NCCCCO)c(=O)n(C)c1=O. The number of hydrogen-bond donors (Lipinski definition) is 3. The van der Waals surface area contributed by atoms with Gasteiger partial charge in [0.25, 0.3) is 5.56 Å². The number of aliphatic hydroxyl groups excluding tert-OH is 1. The Morgan fingerprint density at radius 3 is 2.50 bits per heavy atom. The van der Waals surface area contributed by atoms with E-state index in [1.807, 2.05) is 13.8 Å². The van der Waals surface area contributed by atoms with Gasteiger partial charge in [-0.2, -0.15) is 0 Å². The minimum absolute atomic E-state index is 0.113. The van der Waals surface area contributed by atoms with Gasteiger partial charge in [-0.25, -0.2) is 4.79 Å². The van der Waals surface area contributed by atoms with E-state index >= 15 is 0 Å². The summed E-state index contributed by atoms with van der Waals surface area (Å²) in [5, 5.41) is 11.7. The van der Waals surface area contributed by atoms with E-state index in [4.69, 9.17) is 10.8 Å². The van der Waals surface area contributed by atoms with Gasteiger partial charge < -0.3 is 16.2 Å². The number of rotatable bonds is 7. The summed E-state index contributed by atoms with van der Waals surface area (Å²) in [6.07, 6.45) is 1.38. The first-order chi connectivity index (χ1) is 9.40. The van der Waals surface area contributed by atoms with E-state index in [9.17, 15) is 9.59 Å². The zero-order chi connectivity index (χ0) is 15.3. The number of nitrogens with one attached hydrogen (secondary N) is 1. The molecule has 0 aliphatic heterocycles. The number of nitrogen functional groups attached to an aromatic ring is 1. The maximum atomic E-state index is 12.1. The van der Waals surface area contributed by atoms with E-state index in [0.29, 0.717) is 19.5 Å². The van der Waals surface area contributed by atoms with Crippen LogP contribution in [0, 0.1) is 5.92 Å². The van der Waals surface area contributed by atoms with E-state index in [0.717, 1.165) is 11.0 Å². The summed E-state index contributed by atoms with van der Waals surface area (Å²) in [5.74, 6) is 0.422. The summed E-state index contributed by atoms with van der Waals surface area (Å²) in [4.78, 5) is 24.1. The van der Waals surface area contributed by atoms with Crippen molar-refractivity contribution in [2.24, 2.45) is 13.0 Å². The summed E-state index contributed by atoms with van der Waals surface area (Å²) in [7, 11) is 1.44. The molecule has 114 valence electrons. The second kappa shape index (κ2) is 7.14. The van der Waals surface area contributed by atoms with Crippen LogP contribution in [0.15, 0.2) is 9.59 Å². The van der Waals surface area contributed by atoms with Gasteiger partial charge in [0.2, 0.25) is 0 Å². The fraction of sp³-hybridized carbons (Fsp3) is 0.692. The van der Waals surface area contributed by atoms with Crippen molar-refractivity contribution in [3.05, 3.63) is 20.8 Å². The highest BCUT2D eigenvalue weighted by Crippen LogP contribution is 2.12. The highest BCUT2D eigenvalue weighted by atomic mass is 16.3. The number of nitrogens with zero attached hydrogens (tertiary/aromatic N) is 2. The molecule has 7 heteroatoms. The molecule has 0 amide bonds. The molecule has 20 heavy (non-hydrogen) atoms. The molecule has 0 saturated heterocycles. The third-order valence-corrected chi connectivity index (χ3v) is 3.02. The minimum Gasteiger partial charge on any atom is -0.396 e. The number of anilines is 2. The number of aromatic nitrogens is 2. The van der Waals surface area contributed by atoms with Gasteiger partial charge >= 0.3 is 5.69 Å². The first-order valence-corrected chi connectivity index (χ1v) is 6.84. The summed E-state index contributed by atoms with van der Waals surface area (Å²) in [6.45, 7) is 5.06. The monoisotopic (exact) mass is 284 g/mol. The molecule has 1 rings (SSSR count). The third-order valence-electron chi connectivity index (χ3n) is 3.02. The van der Waals surface area contributed by atoms with Gasteiger partial charge in [-0.05, 0) is 18.8 Å². The van der Waals surface area contributed by atoms with Crippen LogP contribution in [-0.2, 0) is 13.6 Å². The van der Waals surface area contributed by atoms with Crippen molar-refractivity contribution in [2.75, 3.05) is 24.2 Å². The highest BCUT2D eigenvalue weighted by molar-refractivity contribution is 5.60. The van der Waals surface area contributed by atoms with Crippen molar-refractivity contribution in [3.63, 3.8) is 0 Å². The molecule has 0 bridgehead atoms. The Morgan fingerprint density at radius 2 is 1.95 bits per heavy atom. The molecule has 0 aliphatic carbocycles. The Bertz CT molecular complexity index is 560. The molecule has 0 spiro atoms. The van der Waals surface area contributed by atoms with Crippen LogP contribution >= 0.6 is 0 Å². The Labute approximate surface area is 118 Å². The average molecular weight is 284 g/mol. The Hall–Kier alpha value is -1.76. The first-order valence-electron chi connectivity index (χ1n) is 6.84. The van der Waals surface area contributed by atoms with Crippen LogP contribution in [-0.4, -0.2) is 27.4 Å². The van der Waals surface area contributed by atoms with E-state index in [1.165, 1.54) is 11.6 Å². The second-order valence-electron chi connectivity index (χ2n) is 5.27. The normalized spacial score (nSPS) is 11.1. The molecule has 1 aromatic heterocycles. The molecule has 0 unspecified atom stereocenters. The van der Waals surface area contributed by atoms with E-state index in [-0.39, 0.29) is 24.0 Å². The third kappa shape index (κ3) is 3.63. The van der Waals surface area contributed by atoms with Crippen LogP contribution in [0.4, 0.5) is 11.5 Å². The van der Waals surface area contributed by atoms with E-state index in [1.54, 1.807) is 0 Å². The zero-order valence-corrected chi connectivity index (χ0v) is 12.3. The van der Waals surface area contributed by atoms with Gasteiger partial charge in [0.05, 0.1) is 0 Å². The van der Waals surface area contributed by atoms with Crippen molar-refractivity contribution >= 4 is 11.5 Å². The second-order valence-corrected chi connectivity index (χ2v) is 5.27. The molecule has 7 nitrogen and oxygen atoms in total. The van der Waals surface area contributed by atoms with Crippen LogP contribution in [0.5, 0.6) is 0 Å². The molecule has 0 aliphatic rings. The van der Waals surface area contributed by atoms with Gasteiger partial charge in [-0.15, -0.1) is 0 Å². The largest absolute Gasteiger partial charge is 0.396 e. The predicted molar refractivity (Wildman–Crippen MR) is 80.0 cm³/mol. The Balaban J connectivity index is 3.13. The minimum atomic E-state index is -0.420. The molecular formula is C13H24N4O3. The average Bonchev–Trinajstić information content (AvgIpc) is 2.40. The van der Waals surface area contributed by atoms with Gasteiger partial charge in [-0.1, -0.05) is 13.8 Å². The predicted octanol–water partition coefficient (Wildman–Crippen LogP) is -0.0304. The Morgan fingerprint density at radius 1 is 1.30 bits per heavy atom. The number of nitrogens with two attached hydrogens (primary N) is 1. The van der Waals surface area contributed by atoms with E-state index in [2.05, 4.69) is 5.32 Å². The van der Waals surface area contributed by atoms with Crippen molar-refractivity contribution in [3.8, 4) is 0 Å². The first kappa shape index (κ1) is 16.3. The van der Waals surface area contributed by atoms with Gasteiger partial charge in [0, 0.05) is 26.7 Å². The van der Waals surface area contributed by atoms with Gasteiger partial charge in [-0.3, -0.25) is 13.9 Å². The lowest BCUT2D eigenvalue weighted by Gasteiger charge is -2.17. The lowest BCUT2D eigenvalue weighted by atomic mass is 10.2. The fourth-order valence-corrected chi connectivity index (χ4v) is 1.94. The molecular weight excluding hydrogens is 260 g/mol. The molecule has 1 heterocycles. The lowest BCUT2D eigenvalue weighted by Crippen LogP contribution is -2.41. The van der Waals surface area contributed by atoms with Crippen molar-refractivity contribution < 1.29 is 5.11 Å². The smallest absolute Gasteiger partial charge is 0.332 e. The molecule has 1 aromatic rings. The van der Waals surface area contributed by atoms with Crippen molar-refractivity contribution in [1.29, 1.82) is 0 Å². The summed E-state index contributed by atoms with van der Waals surface area (Å²) >= 11 is 0. The van der Waals surface area contributed by atoms with Crippen LogP contribution in [0.25, 0.3) is 0 Å². The standard InChI is InChI=1S/C13H24N4O3/c1-9(2)8-17-11(14)10(15-6-4-5-7-18)12(19)16(3)13(17)20/h9,15,18H,4-8,14H2,1-3H3. The molecule has 0 fully saturated rings. The lowest BCUT2D eigenvalue weighted by molar-refractivity contribution is 0.286. The molecule has 4 N–H and O–H groups in total. The molecule has 0 aromatic carbocycles.